The third kappa shape index (κ3) is 6.10. The Morgan fingerprint density at radius 1 is 1.30 bits per heavy atom. The van der Waals surface area contributed by atoms with Gasteiger partial charge in [0, 0.05) is 6.08 Å². The van der Waals surface area contributed by atoms with E-state index in [1.165, 1.54) is 41.3 Å². The van der Waals surface area contributed by atoms with Gasteiger partial charge in [0.15, 0.2) is 5.13 Å². The molecule has 1 aromatic heterocycles. The monoisotopic (exact) mass is 415 g/mol. The molecule has 1 aromatic carbocycles. The van der Waals surface area contributed by atoms with Crippen LogP contribution in [0.25, 0.3) is 5.57 Å². The fourth-order valence-corrected chi connectivity index (χ4v) is 3.93. The molecule has 0 aliphatic rings. The minimum Gasteiger partial charge on any atom is -0.369 e. The summed E-state index contributed by atoms with van der Waals surface area (Å²) in [5.74, 6) is -0.787. The number of nitrogens with zero attached hydrogens (tertiary/aromatic N) is 1. The van der Waals surface area contributed by atoms with Crippen LogP contribution in [0.5, 0.6) is 0 Å². The van der Waals surface area contributed by atoms with Crippen LogP contribution in [0.3, 0.4) is 0 Å². The van der Waals surface area contributed by atoms with Crippen LogP contribution in [-0.2, 0) is 15.8 Å². The van der Waals surface area contributed by atoms with E-state index >= 15 is 0 Å². The lowest BCUT2D eigenvalue weighted by Gasteiger charge is -2.08. The van der Waals surface area contributed by atoms with Crippen molar-refractivity contribution in [2.75, 3.05) is 11.1 Å². The summed E-state index contributed by atoms with van der Waals surface area (Å²) in [5.41, 5.74) is 6.05. The molecule has 0 unspecified atom stereocenters. The highest BCUT2D eigenvalue weighted by molar-refractivity contribution is 8.01. The van der Waals surface area contributed by atoms with E-state index in [2.05, 4.69) is 10.3 Å². The number of thiazole rings is 1. The van der Waals surface area contributed by atoms with Crippen LogP contribution < -0.4 is 11.1 Å². The van der Waals surface area contributed by atoms with Crippen molar-refractivity contribution in [2.45, 2.75) is 24.2 Å². The Hall–Kier alpha value is -2.33. The summed E-state index contributed by atoms with van der Waals surface area (Å²) < 4.78 is 38.6. The number of hydrogen-bond donors (Lipinski definition) is 2. The fraction of sp³-hybridized carbons (Fsp3) is 0.235. The van der Waals surface area contributed by atoms with Crippen molar-refractivity contribution in [1.29, 1.82) is 0 Å². The summed E-state index contributed by atoms with van der Waals surface area (Å²) in [7, 11) is 0. The average Bonchev–Trinajstić information content (AvgIpc) is 2.91. The summed E-state index contributed by atoms with van der Waals surface area (Å²) in [6, 6.07) is 4.57. The summed E-state index contributed by atoms with van der Waals surface area (Å²) in [4.78, 5) is 27.2. The zero-order valence-electron chi connectivity index (χ0n) is 14.4. The first kappa shape index (κ1) is 21.0. The van der Waals surface area contributed by atoms with Gasteiger partial charge in [0.25, 0.3) is 0 Å². The Balaban J connectivity index is 2.05. The molecule has 27 heavy (non-hydrogen) atoms. The Morgan fingerprint density at radius 2 is 1.93 bits per heavy atom. The first-order valence-corrected chi connectivity index (χ1v) is 9.42. The second kappa shape index (κ2) is 8.57. The van der Waals surface area contributed by atoms with Crippen molar-refractivity contribution >= 4 is 45.6 Å². The van der Waals surface area contributed by atoms with Crippen LogP contribution in [0.1, 0.15) is 23.7 Å². The van der Waals surface area contributed by atoms with E-state index in [4.69, 9.17) is 5.73 Å². The number of aryl methyl sites for hydroxylation is 1. The second-order valence-electron chi connectivity index (χ2n) is 5.54. The number of aromatic nitrogens is 1. The van der Waals surface area contributed by atoms with Crippen molar-refractivity contribution in [3.8, 4) is 0 Å². The predicted octanol–water partition coefficient (Wildman–Crippen LogP) is 4.09. The summed E-state index contributed by atoms with van der Waals surface area (Å²) in [6.45, 7) is 3.38. The number of hydrogen-bond acceptors (Lipinski definition) is 5. The number of anilines is 1. The topological polar surface area (TPSA) is 85.1 Å². The van der Waals surface area contributed by atoms with Gasteiger partial charge in [-0.05, 0) is 37.1 Å². The molecular weight excluding hydrogens is 399 g/mol. The highest BCUT2D eigenvalue weighted by Gasteiger charge is 2.29. The number of nitrogens with one attached hydrogen (secondary N) is 1. The van der Waals surface area contributed by atoms with Gasteiger partial charge in [-0.15, -0.1) is 11.8 Å². The number of halogens is 3. The second-order valence-corrected chi connectivity index (χ2v) is 7.78. The largest absolute Gasteiger partial charge is 0.416 e. The van der Waals surface area contributed by atoms with Gasteiger partial charge in [-0.2, -0.15) is 13.2 Å². The first-order chi connectivity index (χ1) is 12.6. The molecule has 10 heteroatoms. The number of alkyl halides is 3. The molecule has 0 atom stereocenters. The number of amides is 2. The van der Waals surface area contributed by atoms with Gasteiger partial charge in [-0.25, -0.2) is 4.98 Å². The number of benzene rings is 1. The molecule has 0 radical (unpaired) electrons. The smallest absolute Gasteiger partial charge is 0.369 e. The highest BCUT2D eigenvalue weighted by atomic mass is 32.2. The summed E-state index contributed by atoms with van der Waals surface area (Å²) in [5, 5.41) is 2.97. The number of allylic oxidation sites excluding steroid dienone is 1. The molecule has 2 aromatic rings. The maximum absolute atomic E-state index is 12.6. The molecule has 1 heterocycles. The maximum atomic E-state index is 12.6. The van der Waals surface area contributed by atoms with E-state index in [1.807, 2.05) is 0 Å². The zero-order chi connectivity index (χ0) is 20.2. The molecule has 0 aliphatic carbocycles. The molecule has 144 valence electrons. The molecule has 0 saturated heterocycles. The van der Waals surface area contributed by atoms with Crippen LogP contribution >= 0.6 is 23.1 Å². The van der Waals surface area contributed by atoms with Crippen LogP contribution in [0, 0.1) is 6.92 Å². The van der Waals surface area contributed by atoms with E-state index in [0.717, 1.165) is 16.3 Å². The van der Waals surface area contributed by atoms with E-state index < -0.39 is 23.6 Å². The molecule has 0 fully saturated rings. The number of nitrogens with two attached hydrogens (primary N) is 1. The van der Waals surface area contributed by atoms with Crippen molar-refractivity contribution in [3.63, 3.8) is 0 Å². The van der Waals surface area contributed by atoms with E-state index in [-0.39, 0.29) is 5.75 Å². The van der Waals surface area contributed by atoms with Crippen molar-refractivity contribution < 1.29 is 22.8 Å². The minimum atomic E-state index is -4.40. The average molecular weight is 415 g/mol. The molecule has 2 rings (SSSR count). The van der Waals surface area contributed by atoms with E-state index in [9.17, 15) is 22.8 Å². The molecule has 0 aliphatic heterocycles. The van der Waals surface area contributed by atoms with Gasteiger partial charge >= 0.3 is 6.18 Å². The molecular formula is C17H16F3N3O2S2. The number of rotatable bonds is 6. The zero-order valence-corrected chi connectivity index (χ0v) is 16.0. The normalized spacial score (nSPS) is 12.1. The summed E-state index contributed by atoms with van der Waals surface area (Å²) in [6.07, 6.45) is -3.12. The lowest BCUT2D eigenvalue weighted by Crippen LogP contribution is -2.12. The van der Waals surface area contributed by atoms with Gasteiger partial charge < -0.3 is 5.73 Å². The molecule has 0 bridgehead atoms. The van der Waals surface area contributed by atoms with Crippen molar-refractivity contribution in [2.24, 2.45) is 5.73 Å². The van der Waals surface area contributed by atoms with Crippen LogP contribution in [0.15, 0.2) is 34.6 Å². The van der Waals surface area contributed by atoms with Crippen LogP contribution in [0.2, 0.25) is 0 Å². The number of carbonyl (C=O) groups excluding carboxylic acids is 2. The van der Waals surface area contributed by atoms with Gasteiger partial charge in [0.05, 0.1) is 21.2 Å². The number of carbonyl (C=O) groups is 2. The van der Waals surface area contributed by atoms with Gasteiger partial charge in [0.2, 0.25) is 11.8 Å². The van der Waals surface area contributed by atoms with E-state index in [0.29, 0.717) is 22.0 Å². The summed E-state index contributed by atoms with van der Waals surface area (Å²) >= 11 is 2.46. The van der Waals surface area contributed by atoms with E-state index in [1.54, 1.807) is 13.8 Å². The predicted molar refractivity (Wildman–Crippen MR) is 100 cm³/mol. The standard InChI is InChI=1S/C17H16F3N3O2S2/c1-9(11-3-5-12(6-4-11)17(18,19)20)7-14(25)23-16-22-10(2)15(27-16)26-8-13(21)24/h3-7H,8H2,1-2H3,(H2,21,24)(H,22,23,25)/b9-7-. The van der Waals surface area contributed by atoms with Crippen molar-refractivity contribution in [1.82, 2.24) is 4.98 Å². The molecule has 5 nitrogen and oxygen atoms in total. The fourth-order valence-electron chi connectivity index (χ4n) is 2.05. The third-order valence-corrected chi connectivity index (χ3v) is 5.80. The van der Waals surface area contributed by atoms with Crippen molar-refractivity contribution in [3.05, 3.63) is 47.2 Å². The molecule has 3 N–H and O–H groups in total. The minimum absolute atomic E-state index is 0.114. The molecule has 0 spiro atoms. The molecule has 2 amide bonds. The number of primary amides is 1. The quantitative estimate of drug-likeness (QED) is 0.550. The lowest BCUT2D eigenvalue weighted by molar-refractivity contribution is -0.137. The van der Waals surface area contributed by atoms with Gasteiger partial charge in [-0.3, -0.25) is 14.9 Å². The Labute approximate surface area is 161 Å². The number of thioether (sulfide) groups is 1. The van der Waals surface area contributed by atoms with Crippen LogP contribution in [0.4, 0.5) is 18.3 Å². The van der Waals surface area contributed by atoms with Gasteiger partial charge in [-0.1, -0.05) is 23.5 Å². The lowest BCUT2D eigenvalue weighted by atomic mass is 10.0. The molecule has 0 saturated carbocycles. The SMILES string of the molecule is C/C(=C/C(=O)Nc1nc(C)c(SCC(N)=O)s1)c1ccc(C(F)(F)F)cc1. The maximum Gasteiger partial charge on any atom is 0.416 e. The van der Waals surface area contributed by atoms with Crippen LogP contribution in [-0.4, -0.2) is 22.6 Å². The Kier molecular flexibility index (Phi) is 6.66. The third-order valence-electron chi connectivity index (χ3n) is 3.34. The van der Waals surface area contributed by atoms with Gasteiger partial charge in [0.1, 0.15) is 0 Å². The first-order valence-electron chi connectivity index (χ1n) is 7.61. The Bertz CT molecular complexity index is 875. The highest BCUT2D eigenvalue weighted by Crippen LogP contribution is 2.32. The Morgan fingerprint density at radius 3 is 2.48 bits per heavy atom.